The van der Waals surface area contributed by atoms with Crippen LogP contribution in [0, 0.1) is 32.5 Å². The second-order valence-electron chi connectivity index (χ2n) is 9.78. The number of amides is 1. The Kier molecular flexibility index (Phi) is 5.75. The SMILES string of the molecule is Cc1cc(C)cc(CN2C[C@H](C)Cn3c(c(-c4ccc(F)cc4)c4ccc(C)nc4c3=O)C2=O)c1. The molecule has 4 aromatic rings. The lowest BCUT2D eigenvalue weighted by atomic mass is 9.97. The van der Waals surface area contributed by atoms with Gasteiger partial charge in [-0.3, -0.25) is 9.59 Å². The maximum absolute atomic E-state index is 14.2. The van der Waals surface area contributed by atoms with Crippen LogP contribution in [0.4, 0.5) is 4.39 Å². The van der Waals surface area contributed by atoms with E-state index < -0.39 is 0 Å². The molecule has 0 saturated carbocycles. The topological polar surface area (TPSA) is 55.2 Å². The first-order valence-electron chi connectivity index (χ1n) is 11.9. The Balaban J connectivity index is 1.76. The first-order chi connectivity index (χ1) is 16.7. The van der Waals surface area contributed by atoms with Crippen LogP contribution in [0.2, 0.25) is 0 Å². The minimum atomic E-state index is -0.359. The van der Waals surface area contributed by atoms with Gasteiger partial charge < -0.3 is 9.47 Å². The van der Waals surface area contributed by atoms with Gasteiger partial charge in [0, 0.05) is 36.3 Å². The monoisotopic (exact) mass is 469 g/mol. The highest BCUT2D eigenvalue weighted by atomic mass is 19.1. The Morgan fingerprint density at radius 3 is 2.31 bits per heavy atom. The molecule has 6 heteroatoms. The van der Waals surface area contributed by atoms with Gasteiger partial charge in [0.15, 0.2) is 0 Å². The van der Waals surface area contributed by atoms with Crippen molar-refractivity contribution < 1.29 is 9.18 Å². The predicted octanol–water partition coefficient (Wildman–Crippen LogP) is 5.42. The Morgan fingerprint density at radius 1 is 0.943 bits per heavy atom. The van der Waals surface area contributed by atoms with Crippen molar-refractivity contribution in [3.63, 3.8) is 0 Å². The van der Waals surface area contributed by atoms with E-state index in [0.717, 1.165) is 22.4 Å². The summed E-state index contributed by atoms with van der Waals surface area (Å²) in [5.41, 5.74) is 5.78. The van der Waals surface area contributed by atoms with E-state index in [4.69, 9.17) is 0 Å². The average Bonchev–Trinajstić information content (AvgIpc) is 2.91. The number of fused-ring (bicyclic) bond motifs is 2. The minimum absolute atomic E-state index is 0.0622. The van der Waals surface area contributed by atoms with Crippen LogP contribution in [-0.2, 0) is 13.1 Å². The summed E-state index contributed by atoms with van der Waals surface area (Å²) in [5.74, 6) is -0.498. The van der Waals surface area contributed by atoms with Crippen molar-refractivity contribution in [2.75, 3.05) is 6.54 Å². The lowest BCUT2D eigenvalue weighted by molar-refractivity contribution is 0.0729. The summed E-state index contributed by atoms with van der Waals surface area (Å²) in [6, 6.07) is 16.0. The highest BCUT2D eigenvalue weighted by molar-refractivity contribution is 6.07. The maximum Gasteiger partial charge on any atom is 0.277 e. The zero-order chi connectivity index (χ0) is 24.9. The molecule has 2 aromatic carbocycles. The first kappa shape index (κ1) is 23.0. The normalized spacial score (nSPS) is 15.9. The van der Waals surface area contributed by atoms with Crippen LogP contribution < -0.4 is 5.56 Å². The third-order valence-corrected chi connectivity index (χ3v) is 6.56. The molecule has 5 rings (SSSR count). The number of halogens is 1. The van der Waals surface area contributed by atoms with E-state index >= 15 is 0 Å². The molecule has 0 aliphatic carbocycles. The van der Waals surface area contributed by atoms with Crippen molar-refractivity contribution >= 4 is 16.8 Å². The summed E-state index contributed by atoms with van der Waals surface area (Å²) in [5, 5.41) is 0.604. The van der Waals surface area contributed by atoms with Crippen LogP contribution in [0.15, 0.2) is 59.4 Å². The number of nitrogens with zero attached hydrogens (tertiary/aromatic N) is 3. The van der Waals surface area contributed by atoms with Gasteiger partial charge in [0.25, 0.3) is 11.5 Å². The highest BCUT2D eigenvalue weighted by Gasteiger charge is 2.32. The molecular weight excluding hydrogens is 441 g/mol. The van der Waals surface area contributed by atoms with Gasteiger partial charge in [-0.1, -0.05) is 54.4 Å². The third kappa shape index (κ3) is 4.25. The molecular formula is C29H28FN3O2. The van der Waals surface area contributed by atoms with Gasteiger partial charge in [0.1, 0.15) is 17.0 Å². The Morgan fingerprint density at radius 2 is 1.63 bits per heavy atom. The number of rotatable bonds is 3. The molecule has 3 heterocycles. The largest absolute Gasteiger partial charge is 0.333 e. The van der Waals surface area contributed by atoms with Crippen LogP contribution in [0.1, 0.15) is 39.8 Å². The van der Waals surface area contributed by atoms with Gasteiger partial charge in [0.05, 0.1) is 0 Å². The fourth-order valence-corrected chi connectivity index (χ4v) is 5.21. The summed E-state index contributed by atoms with van der Waals surface area (Å²) in [4.78, 5) is 34.2. The zero-order valence-corrected chi connectivity index (χ0v) is 20.4. The van der Waals surface area contributed by atoms with Gasteiger partial charge in [-0.15, -0.1) is 0 Å². The van der Waals surface area contributed by atoms with Crippen LogP contribution in [0.25, 0.3) is 22.0 Å². The number of hydrogen-bond donors (Lipinski definition) is 0. The third-order valence-electron chi connectivity index (χ3n) is 6.56. The van der Waals surface area contributed by atoms with Crippen molar-refractivity contribution in [3.05, 3.63) is 98.8 Å². The van der Waals surface area contributed by atoms with Crippen molar-refractivity contribution in [3.8, 4) is 11.1 Å². The molecule has 0 spiro atoms. The van der Waals surface area contributed by atoms with Gasteiger partial charge in [-0.25, -0.2) is 9.37 Å². The smallest absolute Gasteiger partial charge is 0.277 e. The maximum atomic E-state index is 14.2. The number of carbonyl (C=O) groups excluding carboxylic acids is 1. The molecule has 1 aliphatic heterocycles. The molecule has 178 valence electrons. The number of pyridine rings is 2. The number of hydrogen-bond acceptors (Lipinski definition) is 3. The van der Waals surface area contributed by atoms with E-state index in [9.17, 15) is 14.0 Å². The molecule has 0 unspecified atom stereocenters. The van der Waals surface area contributed by atoms with Gasteiger partial charge in [-0.05, 0) is 56.0 Å². The van der Waals surface area contributed by atoms with E-state index in [1.165, 1.54) is 12.1 Å². The predicted molar refractivity (Wildman–Crippen MR) is 136 cm³/mol. The van der Waals surface area contributed by atoms with Gasteiger partial charge in [0.2, 0.25) is 0 Å². The average molecular weight is 470 g/mol. The van der Waals surface area contributed by atoms with E-state index in [-0.39, 0.29) is 23.2 Å². The molecule has 0 bridgehead atoms. The number of aromatic nitrogens is 2. The van der Waals surface area contributed by atoms with Crippen LogP contribution in [-0.4, -0.2) is 26.9 Å². The molecule has 5 nitrogen and oxygen atoms in total. The summed E-state index contributed by atoms with van der Waals surface area (Å²) in [7, 11) is 0. The Hall–Kier alpha value is -3.80. The van der Waals surface area contributed by atoms with Gasteiger partial charge in [-0.2, -0.15) is 0 Å². The summed E-state index contributed by atoms with van der Waals surface area (Å²) >= 11 is 0. The minimum Gasteiger partial charge on any atom is -0.333 e. The second kappa shape index (κ2) is 8.77. The quantitative estimate of drug-likeness (QED) is 0.403. The van der Waals surface area contributed by atoms with E-state index in [0.29, 0.717) is 47.4 Å². The first-order valence-corrected chi connectivity index (χ1v) is 11.9. The molecule has 0 N–H and O–H groups in total. The van der Waals surface area contributed by atoms with Crippen molar-refractivity contribution in [2.24, 2.45) is 5.92 Å². The van der Waals surface area contributed by atoms with Gasteiger partial charge >= 0.3 is 0 Å². The molecule has 0 saturated heterocycles. The Labute approximate surface area is 203 Å². The number of carbonyl (C=O) groups is 1. The lowest BCUT2D eigenvalue weighted by Crippen LogP contribution is -2.34. The van der Waals surface area contributed by atoms with Crippen molar-refractivity contribution in [2.45, 2.75) is 40.8 Å². The summed E-state index contributed by atoms with van der Waals surface area (Å²) < 4.78 is 15.4. The summed E-state index contributed by atoms with van der Waals surface area (Å²) in [6.45, 7) is 9.37. The molecule has 35 heavy (non-hydrogen) atoms. The number of benzene rings is 2. The van der Waals surface area contributed by atoms with Crippen LogP contribution in [0.5, 0.6) is 0 Å². The Bertz CT molecular complexity index is 1500. The molecule has 1 atom stereocenters. The van der Waals surface area contributed by atoms with Crippen LogP contribution >= 0.6 is 0 Å². The molecule has 0 fully saturated rings. The molecule has 1 aliphatic rings. The summed E-state index contributed by atoms with van der Waals surface area (Å²) in [6.07, 6.45) is 0. The fraction of sp³-hybridized carbons (Fsp3) is 0.276. The molecule has 1 amide bonds. The van der Waals surface area contributed by atoms with Crippen molar-refractivity contribution in [1.29, 1.82) is 0 Å². The fourth-order valence-electron chi connectivity index (χ4n) is 5.21. The number of aryl methyl sites for hydroxylation is 3. The lowest BCUT2D eigenvalue weighted by Gasteiger charge is -2.24. The van der Waals surface area contributed by atoms with E-state index in [2.05, 4.69) is 30.1 Å². The second-order valence-corrected chi connectivity index (χ2v) is 9.78. The van der Waals surface area contributed by atoms with E-state index in [1.807, 2.05) is 37.8 Å². The zero-order valence-electron chi connectivity index (χ0n) is 20.4. The molecule has 0 radical (unpaired) electrons. The van der Waals surface area contributed by atoms with Crippen molar-refractivity contribution in [1.82, 2.24) is 14.5 Å². The van der Waals surface area contributed by atoms with E-state index in [1.54, 1.807) is 16.7 Å². The molecule has 2 aromatic heterocycles. The van der Waals surface area contributed by atoms with Crippen LogP contribution in [0.3, 0.4) is 0 Å². The standard InChI is InChI=1S/C29H28FN3O2/c1-17-11-18(2)13-21(12-17)16-32-14-19(3)15-33-27(29(32)35)25(22-6-8-23(30)9-7-22)24-10-5-20(4)31-26(24)28(33)34/h5-13,19H,14-16H2,1-4H3/t19-/m0/s1. The highest BCUT2D eigenvalue weighted by Crippen LogP contribution is 2.33.